The van der Waals surface area contributed by atoms with Crippen LogP contribution in [0.15, 0.2) is 35.7 Å². The van der Waals surface area contributed by atoms with Gasteiger partial charge in [0, 0.05) is 36.1 Å². The molecule has 0 atom stereocenters. The fraction of sp³-hybridized carbons (Fsp3) is 0.478. The minimum absolute atomic E-state index is 0.485. The summed E-state index contributed by atoms with van der Waals surface area (Å²) in [6.07, 6.45) is 5.17. The van der Waals surface area contributed by atoms with Crippen LogP contribution < -0.4 is 5.32 Å². The molecule has 1 saturated carbocycles. The maximum Gasteiger partial charge on any atom is 0.146 e. The Morgan fingerprint density at radius 2 is 1.83 bits per heavy atom. The number of fused-ring (bicyclic) bond motifs is 1. The second kappa shape index (κ2) is 8.01. The Morgan fingerprint density at radius 3 is 2.52 bits per heavy atom. The highest BCUT2D eigenvalue weighted by molar-refractivity contribution is 7.17. The van der Waals surface area contributed by atoms with E-state index in [9.17, 15) is 0 Å². The fourth-order valence-electron chi connectivity index (χ4n) is 4.32. The molecule has 0 amide bonds. The lowest BCUT2D eigenvalue weighted by Gasteiger charge is -2.32. The molecule has 1 N–H and O–H groups in total. The summed E-state index contributed by atoms with van der Waals surface area (Å²) in [5.41, 5.74) is 2.47. The minimum Gasteiger partial charge on any atom is -0.367 e. The second-order valence-corrected chi connectivity index (χ2v) is 9.47. The van der Waals surface area contributed by atoms with Gasteiger partial charge < -0.3 is 15.1 Å². The minimum atomic E-state index is 0.485. The van der Waals surface area contributed by atoms with Crippen molar-refractivity contribution < 1.29 is 0 Å². The van der Waals surface area contributed by atoms with E-state index in [2.05, 4.69) is 64.9 Å². The van der Waals surface area contributed by atoms with Crippen molar-refractivity contribution in [3.63, 3.8) is 0 Å². The van der Waals surface area contributed by atoms with Crippen LogP contribution in [0, 0.1) is 0 Å². The fourth-order valence-corrected chi connectivity index (χ4v) is 5.28. The smallest absolute Gasteiger partial charge is 0.146 e. The van der Waals surface area contributed by atoms with Crippen molar-refractivity contribution >= 4 is 27.4 Å². The average Bonchev–Trinajstić information content (AvgIpc) is 3.48. The molecule has 0 spiro atoms. The normalized spacial score (nSPS) is 18.6. The van der Waals surface area contributed by atoms with E-state index in [1.165, 1.54) is 55.3 Å². The first-order chi connectivity index (χ1) is 14.2. The molecule has 1 saturated heterocycles. The number of nitrogens with one attached hydrogen (secondary N) is 1. The van der Waals surface area contributed by atoms with Crippen LogP contribution in [-0.2, 0) is 6.54 Å². The Balaban J connectivity index is 1.48. The zero-order valence-electron chi connectivity index (χ0n) is 17.3. The van der Waals surface area contributed by atoms with Crippen LogP contribution in [0.4, 0.5) is 5.82 Å². The number of aromatic nitrogens is 2. The van der Waals surface area contributed by atoms with Crippen LogP contribution in [0.1, 0.15) is 31.5 Å². The first-order valence-electron chi connectivity index (χ1n) is 10.7. The lowest BCUT2D eigenvalue weighted by molar-refractivity contribution is 0.210. The number of nitrogens with zero attached hydrogens (tertiary/aromatic N) is 4. The Labute approximate surface area is 176 Å². The Hall–Kier alpha value is -2.02. The molecular weight excluding hydrogens is 378 g/mol. The molecule has 6 heteroatoms. The van der Waals surface area contributed by atoms with Crippen molar-refractivity contribution in [3.05, 3.63) is 41.5 Å². The summed E-state index contributed by atoms with van der Waals surface area (Å²) in [6, 6.07) is 12.0. The monoisotopic (exact) mass is 407 g/mol. The Morgan fingerprint density at radius 1 is 1.07 bits per heavy atom. The number of anilines is 1. The highest BCUT2D eigenvalue weighted by Crippen LogP contribution is 2.38. The topological polar surface area (TPSA) is 44.3 Å². The van der Waals surface area contributed by atoms with Gasteiger partial charge in [-0.15, -0.1) is 11.3 Å². The summed E-state index contributed by atoms with van der Waals surface area (Å²) in [6.45, 7) is 3.16. The summed E-state index contributed by atoms with van der Waals surface area (Å²) < 4.78 is 0. The van der Waals surface area contributed by atoms with E-state index in [-0.39, 0.29) is 0 Å². The zero-order valence-corrected chi connectivity index (χ0v) is 18.1. The van der Waals surface area contributed by atoms with Crippen LogP contribution in [0.5, 0.6) is 0 Å². The molecule has 1 aliphatic heterocycles. The number of rotatable bonds is 6. The number of piperidine rings is 1. The summed E-state index contributed by atoms with van der Waals surface area (Å²) in [7, 11) is 4.14. The van der Waals surface area contributed by atoms with E-state index in [1.807, 2.05) is 0 Å². The molecule has 2 aliphatic rings. The van der Waals surface area contributed by atoms with Gasteiger partial charge in [-0.1, -0.05) is 30.3 Å². The van der Waals surface area contributed by atoms with Crippen molar-refractivity contribution in [2.75, 3.05) is 32.5 Å². The zero-order chi connectivity index (χ0) is 19.8. The van der Waals surface area contributed by atoms with Crippen molar-refractivity contribution in [2.45, 2.75) is 44.3 Å². The lowest BCUT2D eigenvalue weighted by atomic mass is 10.0. The SMILES string of the molecule is CN(C)Cc1nc(NC2CCN(C3CC3)CC2)c2c(-c3ccccc3)csc2n1. The number of hydrogen-bond donors (Lipinski definition) is 1. The number of hydrogen-bond acceptors (Lipinski definition) is 6. The molecule has 0 bridgehead atoms. The van der Waals surface area contributed by atoms with Gasteiger partial charge in [0.25, 0.3) is 0 Å². The molecule has 5 rings (SSSR count). The number of thiophene rings is 1. The molecule has 3 heterocycles. The Kier molecular flexibility index (Phi) is 5.24. The molecule has 1 aromatic carbocycles. The largest absolute Gasteiger partial charge is 0.367 e. The molecule has 1 aliphatic carbocycles. The van der Waals surface area contributed by atoms with Gasteiger partial charge in [-0.25, -0.2) is 9.97 Å². The van der Waals surface area contributed by atoms with Gasteiger partial charge in [-0.2, -0.15) is 0 Å². The van der Waals surface area contributed by atoms with Crippen molar-refractivity contribution in [1.29, 1.82) is 0 Å². The van der Waals surface area contributed by atoms with Crippen molar-refractivity contribution in [2.24, 2.45) is 0 Å². The van der Waals surface area contributed by atoms with Gasteiger partial charge in [0.15, 0.2) is 0 Å². The van der Waals surface area contributed by atoms with E-state index in [1.54, 1.807) is 11.3 Å². The molecule has 0 radical (unpaired) electrons. The molecule has 3 aromatic rings. The van der Waals surface area contributed by atoms with E-state index in [0.717, 1.165) is 29.1 Å². The molecule has 2 fully saturated rings. The highest BCUT2D eigenvalue weighted by atomic mass is 32.1. The van der Waals surface area contributed by atoms with Crippen molar-refractivity contribution in [3.8, 4) is 11.1 Å². The first kappa shape index (κ1) is 19.0. The maximum atomic E-state index is 4.99. The van der Waals surface area contributed by atoms with E-state index >= 15 is 0 Å². The Bertz CT molecular complexity index is 972. The van der Waals surface area contributed by atoms with Gasteiger partial charge in [0.05, 0.1) is 11.9 Å². The summed E-state index contributed by atoms with van der Waals surface area (Å²) >= 11 is 1.72. The molecule has 0 unspecified atom stereocenters. The molecule has 152 valence electrons. The van der Waals surface area contributed by atoms with E-state index in [4.69, 9.17) is 9.97 Å². The number of benzene rings is 1. The van der Waals surface area contributed by atoms with Crippen LogP contribution in [-0.4, -0.2) is 59.0 Å². The summed E-state index contributed by atoms with van der Waals surface area (Å²) in [4.78, 5) is 15.7. The molecule has 29 heavy (non-hydrogen) atoms. The van der Waals surface area contributed by atoms with Gasteiger partial charge in [0.1, 0.15) is 16.5 Å². The van der Waals surface area contributed by atoms with Gasteiger partial charge in [0.2, 0.25) is 0 Å². The summed E-state index contributed by atoms with van der Waals surface area (Å²) in [5.74, 6) is 1.90. The first-order valence-corrected chi connectivity index (χ1v) is 11.5. The summed E-state index contributed by atoms with van der Waals surface area (Å²) in [5, 5.41) is 7.23. The van der Waals surface area contributed by atoms with Crippen molar-refractivity contribution in [1.82, 2.24) is 19.8 Å². The van der Waals surface area contributed by atoms with Gasteiger partial charge >= 0.3 is 0 Å². The van der Waals surface area contributed by atoms with Crippen LogP contribution >= 0.6 is 11.3 Å². The predicted molar refractivity (Wildman–Crippen MR) is 121 cm³/mol. The number of likely N-dealkylation sites (tertiary alicyclic amines) is 1. The van der Waals surface area contributed by atoms with E-state index in [0.29, 0.717) is 6.04 Å². The average molecular weight is 408 g/mol. The lowest BCUT2D eigenvalue weighted by Crippen LogP contribution is -2.40. The third kappa shape index (κ3) is 4.15. The van der Waals surface area contributed by atoms with Crippen LogP contribution in [0.2, 0.25) is 0 Å². The third-order valence-electron chi connectivity index (χ3n) is 5.96. The predicted octanol–water partition coefficient (Wildman–Crippen LogP) is 4.46. The highest BCUT2D eigenvalue weighted by Gasteiger charge is 2.32. The van der Waals surface area contributed by atoms with Gasteiger partial charge in [-0.3, -0.25) is 0 Å². The van der Waals surface area contributed by atoms with Crippen LogP contribution in [0.25, 0.3) is 21.3 Å². The molecule has 2 aromatic heterocycles. The molecule has 5 nitrogen and oxygen atoms in total. The standard InChI is InChI=1S/C23H29N5S/c1-27(2)14-20-25-22(24-17-10-12-28(13-11-17)18-8-9-18)21-19(15-29-23(21)26-20)16-6-4-3-5-7-16/h3-7,15,17-18H,8-14H2,1-2H3,(H,24,25,26). The van der Waals surface area contributed by atoms with E-state index < -0.39 is 0 Å². The van der Waals surface area contributed by atoms with Gasteiger partial charge in [-0.05, 0) is 45.3 Å². The maximum absolute atomic E-state index is 4.99. The third-order valence-corrected chi connectivity index (χ3v) is 6.83. The molecular formula is C23H29N5S. The second-order valence-electron chi connectivity index (χ2n) is 8.61. The van der Waals surface area contributed by atoms with Crippen LogP contribution in [0.3, 0.4) is 0 Å². The quantitative estimate of drug-likeness (QED) is 0.654.